The number of carbonyl (C=O) groups excluding carboxylic acids is 2. The zero-order chi connectivity index (χ0) is 19.3. The van der Waals surface area contributed by atoms with Crippen molar-refractivity contribution < 1.29 is 29.4 Å². The lowest BCUT2D eigenvalue weighted by molar-refractivity contribution is -0.157. The molecule has 2 radical (unpaired) electrons. The van der Waals surface area contributed by atoms with Gasteiger partial charge in [0.1, 0.15) is 0 Å². The van der Waals surface area contributed by atoms with E-state index in [9.17, 15) is 19.8 Å². The zero-order valence-electron chi connectivity index (χ0n) is 15.2. The predicted octanol–water partition coefficient (Wildman–Crippen LogP) is 1.93. The molecule has 0 bridgehead atoms. The highest BCUT2D eigenvalue weighted by Gasteiger charge is 2.32. The Balaban J connectivity index is 2.59. The highest BCUT2D eigenvalue weighted by atomic mass is 16.7. The molecule has 7 nitrogen and oxygen atoms in total. The third-order valence-corrected chi connectivity index (χ3v) is 4.35. The first-order chi connectivity index (χ1) is 11.5. The van der Waals surface area contributed by atoms with Gasteiger partial charge in [-0.05, 0) is 46.5 Å². The fourth-order valence-corrected chi connectivity index (χ4v) is 2.10. The first-order valence-corrected chi connectivity index (χ1v) is 8.25. The van der Waals surface area contributed by atoms with Crippen LogP contribution in [0.3, 0.4) is 0 Å². The molecule has 0 amide bonds. The van der Waals surface area contributed by atoms with Crippen LogP contribution in [0.4, 0.5) is 0 Å². The quantitative estimate of drug-likeness (QED) is 0.625. The van der Waals surface area contributed by atoms with E-state index in [2.05, 4.69) is 0 Å². The molecule has 1 aromatic rings. The Labute approximate surface area is 149 Å². The van der Waals surface area contributed by atoms with Gasteiger partial charge in [0.15, 0.2) is 7.85 Å². The Hall–Kier alpha value is -1.96. The van der Waals surface area contributed by atoms with Crippen molar-refractivity contribution in [1.82, 2.24) is 4.73 Å². The van der Waals surface area contributed by atoms with Gasteiger partial charge in [0, 0.05) is 18.7 Å². The van der Waals surface area contributed by atoms with Gasteiger partial charge in [-0.2, -0.15) is 0 Å². The van der Waals surface area contributed by atoms with E-state index < -0.39 is 17.0 Å². The van der Waals surface area contributed by atoms with Crippen molar-refractivity contribution in [3.8, 4) is 11.8 Å². The molecule has 1 atom stereocenters. The van der Waals surface area contributed by atoms with E-state index in [1.165, 1.54) is 12.1 Å². The number of nitrogens with zero attached hydrogens (tertiary/aromatic N) is 1. The minimum Gasteiger partial charge on any atom is -0.492 e. The van der Waals surface area contributed by atoms with E-state index in [1.807, 2.05) is 13.8 Å². The molecule has 2 N–H and O–H groups in total. The maximum absolute atomic E-state index is 12.3. The van der Waals surface area contributed by atoms with Crippen molar-refractivity contribution >= 4 is 19.5 Å². The summed E-state index contributed by atoms with van der Waals surface area (Å²) in [6.45, 7) is 7.51. The van der Waals surface area contributed by atoms with Gasteiger partial charge in [0.25, 0.3) is 0 Å². The van der Waals surface area contributed by atoms with Crippen molar-refractivity contribution in [2.75, 3.05) is 6.61 Å². The minimum absolute atomic E-state index is 0.238. The third kappa shape index (κ3) is 6.12. The summed E-state index contributed by atoms with van der Waals surface area (Å²) in [5.41, 5.74) is -1.77. The molecular weight excluding hydrogens is 325 g/mol. The average Bonchev–Trinajstić information content (AvgIpc) is 2.84. The van der Waals surface area contributed by atoms with Crippen LogP contribution in [0.25, 0.3) is 0 Å². The van der Waals surface area contributed by atoms with Crippen LogP contribution in [0, 0.1) is 5.41 Å². The summed E-state index contributed by atoms with van der Waals surface area (Å²) in [6, 6.07) is 2.42. The van der Waals surface area contributed by atoms with Crippen molar-refractivity contribution in [3.63, 3.8) is 0 Å². The third-order valence-electron chi connectivity index (χ3n) is 4.35. The van der Waals surface area contributed by atoms with Crippen LogP contribution in [0.15, 0.2) is 12.1 Å². The summed E-state index contributed by atoms with van der Waals surface area (Å²) in [6.07, 6.45) is 1.81. The molecule has 0 aliphatic carbocycles. The van der Waals surface area contributed by atoms with E-state index >= 15 is 0 Å². The molecule has 0 saturated heterocycles. The molecule has 0 fully saturated rings. The molecular formula is C17H26BNO6. The van der Waals surface area contributed by atoms with Crippen LogP contribution in [0.1, 0.15) is 53.4 Å². The van der Waals surface area contributed by atoms with Gasteiger partial charge in [-0.25, -0.2) is 4.79 Å². The first kappa shape index (κ1) is 21.1. The van der Waals surface area contributed by atoms with Crippen LogP contribution in [0.5, 0.6) is 11.8 Å². The molecule has 8 heteroatoms. The highest BCUT2D eigenvalue weighted by Crippen LogP contribution is 2.27. The second-order valence-corrected chi connectivity index (χ2v) is 6.97. The molecule has 0 aliphatic heterocycles. The molecule has 138 valence electrons. The normalized spacial score (nSPS) is 14.1. The molecule has 1 heterocycles. The minimum atomic E-state index is -0.901. The van der Waals surface area contributed by atoms with E-state index in [0.29, 0.717) is 24.0 Å². The Bertz CT molecular complexity index is 593. The lowest BCUT2D eigenvalue weighted by Gasteiger charge is -2.30. The van der Waals surface area contributed by atoms with Gasteiger partial charge in [-0.15, -0.1) is 4.73 Å². The van der Waals surface area contributed by atoms with E-state index in [1.54, 1.807) is 13.8 Å². The number of ether oxygens (including phenoxy) is 1. The molecule has 25 heavy (non-hydrogen) atoms. The van der Waals surface area contributed by atoms with Gasteiger partial charge in [0.2, 0.25) is 11.8 Å². The first-order valence-electron chi connectivity index (χ1n) is 8.25. The lowest BCUT2D eigenvalue weighted by atomic mass is 9.88. The van der Waals surface area contributed by atoms with Gasteiger partial charge in [-0.3, -0.25) is 0 Å². The summed E-state index contributed by atoms with van der Waals surface area (Å²) >= 11 is 0. The van der Waals surface area contributed by atoms with E-state index in [4.69, 9.17) is 17.4 Å². The SMILES string of the molecule is [B]C(=O)CCC(C)(CC)OCCC(C)(C)C(=O)On1c(O)ccc1O. The van der Waals surface area contributed by atoms with Crippen LogP contribution < -0.4 is 4.84 Å². The summed E-state index contributed by atoms with van der Waals surface area (Å²) in [5, 5.41) is 19.1. The van der Waals surface area contributed by atoms with Crippen LogP contribution in [0.2, 0.25) is 0 Å². The van der Waals surface area contributed by atoms with E-state index in [0.717, 1.165) is 0 Å². The Morgan fingerprint density at radius 3 is 2.20 bits per heavy atom. The molecule has 1 unspecified atom stereocenters. The fourth-order valence-electron chi connectivity index (χ4n) is 2.10. The second kappa shape index (κ2) is 8.42. The summed E-state index contributed by atoms with van der Waals surface area (Å²) in [4.78, 5) is 28.3. The average molecular weight is 351 g/mol. The monoisotopic (exact) mass is 351 g/mol. The predicted molar refractivity (Wildman–Crippen MR) is 92.4 cm³/mol. The van der Waals surface area contributed by atoms with Crippen LogP contribution in [-0.2, 0) is 14.3 Å². The second-order valence-electron chi connectivity index (χ2n) is 6.97. The summed E-state index contributed by atoms with van der Waals surface area (Å²) in [7, 11) is 5.18. The number of rotatable bonds is 10. The molecule has 1 aromatic heterocycles. The van der Waals surface area contributed by atoms with Gasteiger partial charge in [-0.1, -0.05) is 6.92 Å². The van der Waals surface area contributed by atoms with E-state index in [-0.39, 0.29) is 30.5 Å². The smallest absolute Gasteiger partial charge is 0.338 e. The number of carbonyl (C=O) groups is 2. The van der Waals surface area contributed by atoms with Gasteiger partial charge in [0.05, 0.1) is 16.7 Å². The highest BCUT2D eigenvalue weighted by molar-refractivity contribution is 6.57. The number of hydrogen-bond acceptors (Lipinski definition) is 6. The number of hydrogen-bond donors (Lipinski definition) is 2. The summed E-state index contributed by atoms with van der Waals surface area (Å²) in [5.74, 6) is -1.36. The van der Waals surface area contributed by atoms with Gasteiger partial charge < -0.3 is 24.6 Å². The molecule has 0 aromatic carbocycles. The Kier molecular flexibility index (Phi) is 7.11. The van der Waals surface area contributed by atoms with Crippen molar-refractivity contribution in [2.24, 2.45) is 5.41 Å². The Morgan fingerprint density at radius 2 is 1.72 bits per heavy atom. The van der Waals surface area contributed by atoms with Crippen LogP contribution >= 0.6 is 0 Å². The molecule has 1 rings (SSSR count). The van der Waals surface area contributed by atoms with Crippen LogP contribution in [-0.4, -0.2) is 46.6 Å². The zero-order valence-corrected chi connectivity index (χ0v) is 15.2. The number of aromatic nitrogens is 1. The van der Waals surface area contributed by atoms with Gasteiger partial charge >= 0.3 is 5.97 Å². The maximum Gasteiger partial charge on any atom is 0.338 e. The van der Waals surface area contributed by atoms with Crippen molar-refractivity contribution in [3.05, 3.63) is 12.1 Å². The standard InChI is InChI=1S/C17H26BNO6/c1-5-17(4,9-8-12(18)20)24-11-10-16(2,3)15(23)25-19-13(21)6-7-14(19)22/h6-7,21-22H,5,8-11H2,1-4H3. The lowest BCUT2D eigenvalue weighted by Crippen LogP contribution is -2.36. The largest absolute Gasteiger partial charge is 0.492 e. The summed E-state index contributed by atoms with van der Waals surface area (Å²) < 4.78 is 6.54. The maximum atomic E-state index is 12.3. The molecule has 0 aliphatic rings. The molecule has 0 spiro atoms. The van der Waals surface area contributed by atoms with Crippen molar-refractivity contribution in [2.45, 2.75) is 59.0 Å². The molecule has 0 saturated carbocycles. The topological polar surface area (TPSA) is 98.0 Å². The van der Waals surface area contributed by atoms with Crippen molar-refractivity contribution in [1.29, 1.82) is 0 Å². The fraction of sp³-hybridized carbons (Fsp3) is 0.647. The number of aromatic hydroxyl groups is 2. The Morgan fingerprint density at radius 1 is 1.16 bits per heavy atom.